The number of nitrogens with two attached hydrogens (primary N) is 1. The minimum absolute atomic E-state index is 0.0503. The number of hydrogen-bond acceptors (Lipinski definition) is 4. The van der Waals surface area contributed by atoms with Crippen LogP contribution < -0.4 is 10.6 Å². The number of likely N-dealkylation sites (N-methyl/N-ethyl adjacent to an activating group) is 1. The summed E-state index contributed by atoms with van der Waals surface area (Å²) in [5.41, 5.74) is 8.00. The molecule has 5 nitrogen and oxygen atoms in total. The third-order valence-electron chi connectivity index (χ3n) is 3.56. The average molecular weight is 319 g/mol. The van der Waals surface area contributed by atoms with Crippen molar-refractivity contribution in [1.29, 1.82) is 0 Å². The Morgan fingerprint density at radius 3 is 2.64 bits per heavy atom. The number of nitrogen functional groups attached to an aromatic ring is 1. The molecular weight excluding hydrogens is 298 g/mol. The Kier molecular flexibility index (Phi) is 5.38. The van der Waals surface area contributed by atoms with Gasteiger partial charge >= 0.3 is 4.87 Å². The maximum Gasteiger partial charge on any atom is 0.308 e. The third-order valence-corrected chi connectivity index (χ3v) is 4.32. The molecule has 0 bridgehead atoms. The molecule has 1 aromatic heterocycles. The van der Waals surface area contributed by atoms with Gasteiger partial charge in [-0.3, -0.25) is 14.2 Å². The van der Waals surface area contributed by atoms with Gasteiger partial charge in [-0.1, -0.05) is 36.8 Å². The largest absolute Gasteiger partial charge is 0.399 e. The zero-order valence-electron chi connectivity index (χ0n) is 12.9. The summed E-state index contributed by atoms with van der Waals surface area (Å²) in [5.74, 6) is -0.0503. The maximum absolute atomic E-state index is 12.3. The monoisotopic (exact) mass is 319 g/mol. The molecule has 2 aromatic rings. The lowest BCUT2D eigenvalue weighted by Gasteiger charge is -2.17. The molecule has 118 valence electrons. The molecule has 0 atom stereocenters. The van der Waals surface area contributed by atoms with Crippen LogP contribution >= 0.6 is 11.3 Å². The first-order valence-corrected chi connectivity index (χ1v) is 8.19. The van der Waals surface area contributed by atoms with Gasteiger partial charge in [0.1, 0.15) is 6.54 Å². The van der Waals surface area contributed by atoms with E-state index in [0.717, 1.165) is 35.4 Å². The highest BCUT2D eigenvalue weighted by Crippen LogP contribution is 2.21. The Bertz CT molecular complexity index is 688. The standard InChI is InChI=1S/C16H21N3O2S/c1-3-4-9-18(2)15(20)10-19-14(11-22-16(19)21)12-5-7-13(17)8-6-12/h5-8,11H,3-4,9-10,17H2,1-2H3. The number of hydrogen-bond donors (Lipinski definition) is 1. The number of amides is 1. The quantitative estimate of drug-likeness (QED) is 0.831. The summed E-state index contributed by atoms with van der Waals surface area (Å²) < 4.78 is 1.53. The second-order valence-corrected chi connectivity index (χ2v) is 6.08. The van der Waals surface area contributed by atoms with Gasteiger partial charge in [-0.25, -0.2) is 0 Å². The average Bonchev–Trinajstić information content (AvgIpc) is 2.86. The number of anilines is 1. The minimum Gasteiger partial charge on any atom is -0.399 e. The summed E-state index contributed by atoms with van der Waals surface area (Å²) >= 11 is 1.11. The maximum atomic E-state index is 12.3. The molecule has 2 rings (SSSR count). The number of aromatic nitrogens is 1. The van der Waals surface area contributed by atoms with Gasteiger partial charge in [-0.2, -0.15) is 0 Å². The van der Waals surface area contributed by atoms with Crippen molar-refractivity contribution < 1.29 is 4.79 Å². The fraction of sp³-hybridized carbons (Fsp3) is 0.375. The van der Waals surface area contributed by atoms with E-state index in [1.165, 1.54) is 4.57 Å². The number of thiazole rings is 1. The second kappa shape index (κ2) is 7.26. The Hall–Kier alpha value is -2.08. The number of carbonyl (C=O) groups excluding carboxylic acids is 1. The van der Waals surface area contributed by atoms with Crippen LogP contribution in [0, 0.1) is 0 Å². The van der Waals surface area contributed by atoms with Crippen molar-refractivity contribution in [2.75, 3.05) is 19.3 Å². The smallest absolute Gasteiger partial charge is 0.308 e. The highest BCUT2D eigenvalue weighted by atomic mass is 32.1. The summed E-state index contributed by atoms with van der Waals surface area (Å²) in [5, 5.41) is 1.78. The van der Waals surface area contributed by atoms with Crippen molar-refractivity contribution in [3.05, 3.63) is 39.3 Å². The Balaban J connectivity index is 2.21. The number of rotatable bonds is 6. The molecule has 0 aliphatic heterocycles. The first-order valence-electron chi connectivity index (χ1n) is 7.31. The predicted molar refractivity (Wildman–Crippen MR) is 91.0 cm³/mol. The van der Waals surface area contributed by atoms with Crippen molar-refractivity contribution in [2.24, 2.45) is 0 Å². The zero-order chi connectivity index (χ0) is 16.1. The van der Waals surface area contributed by atoms with E-state index in [0.29, 0.717) is 12.2 Å². The molecule has 0 saturated carbocycles. The van der Waals surface area contributed by atoms with E-state index in [1.807, 2.05) is 12.1 Å². The first-order chi connectivity index (χ1) is 10.5. The normalized spacial score (nSPS) is 10.6. The lowest BCUT2D eigenvalue weighted by molar-refractivity contribution is -0.130. The van der Waals surface area contributed by atoms with Gasteiger partial charge in [0.25, 0.3) is 0 Å². The van der Waals surface area contributed by atoms with Crippen LogP contribution in [0.1, 0.15) is 19.8 Å². The van der Waals surface area contributed by atoms with E-state index in [9.17, 15) is 9.59 Å². The number of nitrogens with zero attached hydrogens (tertiary/aromatic N) is 2. The first kappa shape index (κ1) is 16.3. The molecule has 6 heteroatoms. The van der Waals surface area contributed by atoms with Gasteiger partial charge in [0.05, 0.1) is 5.69 Å². The summed E-state index contributed by atoms with van der Waals surface area (Å²) in [6, 6.07) is 7.30. The summed E-state index contributed by atoms with van der Waals surface area (Å²) in [4.78, 5) is 25.9. The lowest BCUT2D eigenvalue weighted by Crippen LogP contribution is -2.33. The van der Waals surface area contributed by atoms with Crippen molar-refractivity contribution in [2.45, 2.75) is 26.3 Å². The molecule has 0 unspecified atom stereocenters. The van der Waals surface area contributed by atoms with E-state index in [-0.39, 0.29) is 17.3 Å². The molecule has 1 heterocycles. The van der Waals surface area contributed by atoms with Crippen LogP contribution in [0.5, 0.6) is 0 Å². The van der Waals surface area contributed by atoms with E-state index in [2.05, 4.69) is 6.92 Å². The van der Waals surface area contributed by atoms with E-state index >= 15 is 0 Å². The second-order valence-electron chi connectivity index (χ2n) is 5.26. The molecule has 1 aromatic carbocycles. The highest BCUT2D eigenvalue weighted by molar-refractivity contribution is 7.07. The number of carbonyl (C=O) groups is 1. The molecular formula is C16H21N3O2S. The Labute approximate surface area is 134 Å². The zero-order valence-corrected chi connectivity index (χ0v) is 13.7. The molecule has 0 aliphatic rings. The van der Waals surface area contributed by atoms with Crippen LogP contribution in [0.25, 0.3) is 11.3 Å². The van der Waals surface area contributed by atoms with Gasteiger partial charge in [-0.15, -0.1) is 0 Å². The van der Waals surface area contributed by atoms with Crippen LogP contribution in [-0.2, 0) is 11.3 Å². The van der Waals surface area contributed by atoms with Gasteiger partial charge in [0.2, 0.25) is 5.91 Å². The molecule has 2 N–H and O–H groups in total. The molecule has 0 aliphatic carbocycles. The van der Waals surface area contributed by atoms with Crippen LogP contribution in [0.2, 0.25) is 0 Å². The van der Waals surface area contributed by atoms with Crippen LogP contribution in [-0.4, -0.2) is 29.0 Å². The molecule has 0 spiro atoms. The summed E-state index contributed by atoms with van der Waals surface area (Å²) in [7, 11) is 1.78. The third kappa shape index (κ3) is 3.76. The van der Waals surface area contributed by atoms with Crippen LogP contribution in [0.4, 0.5) is 5.69 Å². The molecule has 1 amide bonds. The Morgan fingerprint density at radius 2 is 2.00 bits per heavy atom. The summed E-state index contributed by atoms with van der Waals surface area (Å²) in [6.45, 7) is 2.87. The molecule has 0 radical (unpaired) electrons. The van der Waals surface area contributed by atoms with Crippen molar-refractivity contribution >= 4 is 22.9 Å². The number of benzene rings is 1. The highest BCUT2D eigenvalue weighted by Gasteiger charge is 2.15. The fourth-order valence-corrected chi connectivity index (χ4v) is 2.90. The van der Waals surface area contributed by atoms with Crippen molar-refractivity contribution in [3.8, 4) is 11.3 Å². The molecule has 22 heavy (non-hydrogen) atoms. The lowest BCUT2D eigenvalue weighted by atomic mass is 10.1. The van der Waals surface area contributed by atoms with Gasteiger partial charge in [-0.05, 0) is 24.1 Å². The van der Waals surface area contributed by atoms with Crippen molar-refractivity contribution in [1.82, 2.24) is 9.47 Å². The topological polar surface area (TPSA) is 68.3 Å². The fourth-order valence-electron chi connectivity index (χ4n) is 2.14. The van der Waals surface area contributed by atoms with Gasteiger partial charge in [0.15, 0.2) is 0 Å². The molecule has 0 saturated heterocycles. The Morgan fingerprint density at radius 1 is 1.32 bits per heavy atom. The van der Waals surface area contributed by atoms with Crippen molar-refractivity contribution in [3.63, 3.8) is 0 Å². The minimum atomic E-state index is -0.121. The number of unbranched alkanes of at least 4 members (excludes halogenated alkanes) is 1. The van der Waals surface area contributed by atoms with Crippen LogP contribution in [0.3, 0.4) is 0 Å². The van der Waals surface area contributed by atoms with Crippen LogP contribution in [0.15, 0.2) is 34.4 Å². The van der Waals surface area contributed by atoms with E-state index in [4.69, 9.17) is 5.73 Å². The van der Waals surface area contributed by atoms with Gasteiger partial charge in [0, 0.05) is 24.7 Å². The summed E-state index contributed by atoms with van der Waals surface area (Å²) in [6.07, 6.45) is 2.00. The van der Waals surface area contributed by atoms with Gasteiger partial charge < -0.3 is 10.6 Å². The molecule has 0 fully saturated rings. The predicted octanol–water partition coefficient (Wildman–Crippen LogP) is 2.42. The van der Waals surface area contributed by atoms with E-state index in [1.54, 1.807) is 29.5 Å². The van der Waals surface area contributed by atoms with E-state index < -0.39 is 0 Å². The SMILES string of the molecule is CCCCN(C)C(=O)Cn1c(-c2ccc(N)cc2)csc1=O.